The summed E-state index contributed by atoms with van der Waals surface area (Å²) in [4.78, 5) is 2.57. The van der Waals surface area contributed by atoms with Crippen LogP contribution in [0.1, 0.15) is 37.4 Å². The standard InChI is InChI=1S/C18H30N2O2/c1-6-14(3)18(20-9-7-19-8-10-20)17-15(21-4)11-13(2)12-16(17)22-5/h11-12,14,18-19H,6-10H2,1-5H3/t14?,18-/m1/s1. The minimum absolute atomic E-state index is 0.331. The van der Waals surface area contributed by atoms with E-state index in [2.05, 4.69) is 43.1 Å². The third-order valence-electron chi connectivity index (χ3n) is 4.71. The number of aryl methyl sites for hydroxylation is 1. The molecule has 1 aliphatic heterocycles. The molecule has 1 aromatic carbocycles. The van der Waals surface area contributed by atoms with Gasteiger partial charge in [-0.15, -0.1) is 0 Å². The van der Waals surface area contributed by atoms with E-state index in [9.17, 15) is 0 Å². The summed E-state index contributed by atoms with van der Waals surface area (Å²) >= 11 is 0. The predicted molar refractivity (Wildman–Crippen MR) is 90.9 cm³/mol. The molecule has 1 aromatic rings. The van der Waals surface area contributed by atoms with Crippen molar-refractivity contribution in [1.82, 2.24) is 10.2 Å². The lowest BCUT2D eigenvalue weighted by atomic mass is 9.88. The number of hydrogen-bond donors (Lipinski definition) is 1. The van der Waals surface area contributed by atoms with Crippen molar-refractivity contribution >= 4 is 0 Å². The number of hydrogen-bond acceptors (Lipinski definition) is 4. The van der Waals surface area contributed by atoms with Crippen LogP contribution in [-0.4, -0.2) is 45.3 Å². The molecule has 0 spiro atoms. The van der Waals surface area contributed by atoms with E-state index in [1.54, 1.807) is 14.2 Å². The van der Waals surface area contributed by atoms with E-state index in [1.165, 1.54) is 11.1 Å². The van der Waals surface area contributed by atoms with E-state index in [1.807, 2.05) is 0 Å². The second-order valence-electron chi connectivity index (χ2n) is 6.20. The Bertz CT molecular complexity index is 459. The molecule has 2 atom stereocenters. The Morgan fingerprint density at radius 1 is 1.14 bits per heavy atom. The molecule has 4 heteroatoms. The number of benzene rings is 1. The van der Waals surface area contributed by atoms with Crippen molar-refractivity contribution in [3.05, 3.63) is 23.3 Å². The summed E-state index contributed by atoms with van der Waals surface area (Å²) in [5.74, 6) is 2.44. The number of rotatable bonds is 6. The molecule has 1 aliphatic rings. The first-order valence-corrected chi connectivity index (χ1v) is 8.29. The number of ether oxygens (including phenoxy) is 2. The third-order valence-corrected chi connectivity index (χ3v) is 4.71. The fourth-order valence-corrected chi connectivity index (χ4v) is 3.37. The van der Waals surface area contributed by atoms with Crippen molar-refractivity contribution in [1.29, 1.82) is 0 Å². The Kier molecular flexibility index (Phi) is 6.09. The largest absolute Gasteiger partial charge is 0.496 e. The van der Waals surface area contributed by atoms with Crippen LogP contribution in [0.15, 0.2) is 12.1 Å². The van der Waals surface area contributed by atoms with Crippen molar-refractivity contribution in [2.75, 3.05) is 40.4 Å². The average molecular weight is 306 g/mol. The zero-order chi connectivity index (χ0) is 16.1. The second kappa shape index (κ2) is 7.84. The Hall–Kier alpha value is -1.26. The molecule has 0 bridgehead atoms. The quantitative estimate of drug-likeness (QED) is 0.876. The summed E-state index contributed by atoms with van der Waals surface area (Å²) in [6.45, 7) is 10.9. The second-order valence-corrected chi connectivity index (χ2v) is 6.20. The maximum atomic E-state index is 5.71. The number of nitrogens with one attached hydrogen (secondary N) is 1. The molecule has 1 fully saturated rings. The zero-order valence-electron chi connectivity index (χ0n) is 14.6. The first kappa shape index (κ1) is 17.1. The Morgan fingerprint density at radius 2 is 1.68 bits per heavy atom. The molecule has 124 valence electrons. The maximum Gasteiger partial charge on any atom is 0.127 e. The van der Waals surface area contributed by atoms with Crippen LogP contribution in [0.3, 0.4) is 0 Å². The first-order chi connectivity index (χ1) is 10.6. The zero-order valence-corrected chi connectivity index (χ0v) is 14.6. The highest BCUT2D eigenvalue weighted by molar-refractivity contribution is 5.50. The molecule has 0 aromatic heterocycles. The topological polar surface area (TPSA) is 33.7 Å². The van der Waals surface area contributed by atoms with Gasteiger partial charge in [-0.05, 0) is 30.5 Å². The summed E-state index contributed by atoms with van der Waals surface area (Å²) in [6.07, 6.45) is 1.13. The van der Waals surface area contributed by atoms with Crippen LogP contribution in [0.5, 0.6) is 11.5 Å². The maximum absolute atomic E-state index is 5.71. The van der Waals surface area contributed by atoms with Gasteiger partial charge in [-0.2, -0.15) is 0 Å². The summed E-state index contributed by atoms with van der Waals surface area (Å²) in [7, 11) is 3.51. The number of nitrogens with zero attached hydrogens (tertiary/aromatic N) is 1. The van der Waals surface area contributed by atoms with Gasteiger partial charge in [0.25, 0.3) is 0 Å². The first-order valence-electron chi connectivity index (χ1n) is 8.29. The Labute approximate surface area is 134 Å². The average Bonchev–Trinajstić information content (AvgIpc) is 2.56. The van der Waals surface area contributed by atoms with E-state index < -0.39 is 0 Å². The van der Waals surface area contributed by atoms with Crippen LogP contribution >= 0.6 is 0 Å². The van der Waals surface area contributed by atoms with Crippen molar-refractivity contribution < 1.29 is 9.47 Å². The SMILES string of the molecule is CCC(C)[C@H](c1c(OC)cc(C)cc1OC)N1CCNCC1. The lowest BCUT2D eigenvalue weighted by Gasteiger charge is -2.39. The minimum Gasteiger partial charge on any atom is -0.496 e. The van der Waals surface area contributed by atoms with Crippen molar-refractivity contribution in [3.63, 3.8) is 0 Å². The molecule has 0 amide bonds. The summed E-state index contributed by atoms with van der Waals surface area (Å²) in [5, 5.41) is 3.44. The lowest BCUT2D eigenvalue weighted by Crippen LogP contribution is -2.46. The van der Waals surface area contributed by atoms with Gasteiger partial charge in [-0.3, -0.25) is 4.90 Å². The van der Waals surface area contributed by atoms with Gasteiger partial charge in [-0.25, -0.2) is 0 Å². The van der Waals surface area contributed by atoms with Gasteiger partial charge in [0, 0.05) is 32.2 Å². The van der Waals surface area contributed by atoms with Crippen molar-refractivity contribution in [2.45, 2.75) is 33.2 Å². The van der Waals surface area contributed by atoms with E-state index >= 15 is 0 Å². The minimum atomic E-state index is 0.331. The van der Waals surface area contributed by atoms with Gasteiger partial charge in [0.2, 0.25) is 0 Å². The van der Waals surface area contributed by atoms with Gasteiger partial charge >= 0.3 is 0 Å². The molecule has 1 unspecified atom stereocenters. The van der Waals surface area contributed by atoms with Gasteiger partial charge in [0.1, 0.15) is 11.5 Å². The molecule has 0 saturated carbocycles. The van der Waals surface area contributed by atoms with Crippen LogP contribution < -0.4 is 14.8 Å². The van der Waals surface area contributed by atoms with E-state index in [4.69, 9.17) is 9.47 Å². The lowest BCUT2D eigenvalue weighted by molar-refractivity contribution is 0.123. The van der Waals surface area contributed by atoms with Crippen LogP contribution in [0.2, 0.25) is 0 Å². The molecule has 0 radical (unpaired) electrons. The molecule has 1 heterocycles. The van der Waals surface area contributed by atoms with Gasteiger partial charge in [-0.1, -0.05) is 20.3 Å². The fourth-order valence-electron chi connectivity index (χ4n) is 3.37. The number of methoxy groups -OCH3 is 2. The van der Waals surface area contributed by atoms with Crippen molar-refractivity contribution in [2.24, 2.45) is 5.92 Å². The molecular weight excluding hydrogens is 276 g/mol. The normalized spacial score (nSPS) is 18.8. The van der Waals surface area contributed by atoms with Gasteiger partial charge in [0.05, 0.1) is 19.8 Å². The van der Waals surface area contributed by atoms with E-state index in [0.717, 1.165) is 44.1 Å². The number of piperazine rings is 1. The molecule has 4 nitrogen and oxygen atoms in total. The Morgan fingerprint density at radius 3 is 2.14 bits per heavy atom. The molecule has 22 heavy (non-hydrogen) atoms. The van der Waals surface area contributed by atoms with Gasteiger partial charge in [0.15, 0.2) is 0 Å². The molecule has 1 N–H and O–H groups in total. The van der Waals surface area contributed by atoms with Crippen LogP contribution in [0, 0.1) is 12.8 Å². The monoisotopic (exact) mass is 306 g/mol. The molecular formula is C18H30N2O2. The predicted octanol–water partition coefficient (Wildman–Crippen LogP) is 3.00. The van der Waals surface area contributed by atoms with Crippen LogP contribution in [-0.2, 0) is 0 Å². The highest BCUT2D eigenvalue weighted by Crippen LogP contribution is 2.42. The summed E-state index contributed by atoms with van der Waals surface area (Å²) in [5.41, 5.74) is 2.37. The highest BCUT2D eigenvalue weighted by Gasteiger charge is 2.31. The Balaban J connectivity index is 2.50. The van der Waals surface area contributed by atoms with Crippen molar-refractivity contribution in [3.8, 4) is 11.5 Å². The molecule has 2 rings (SSSR count). The van der Waals surface area contributed by atoms with Gasteiger partial charge < -0.3 is 14.8 Å². The van der Waals surface area contributed by atoms with Crippen LogP contribution in [0.4, 0.5) is 0 Å². The summed E-state index contributed by atoms with van der Waals surface area (Å²) < 4.78 is 11.4. The van der Waals surface area contributed by atoms with Crippen LogP contribution in [0.25, 0.3) is 0 Å². The molecule has 0 aliphatic carbocycles. The molecule has 1 saturated heterocycles. The highest BCUT2D eigenvalue weighted by atomic mass is 16.5. The fraction of sp³-hybridized carbons (Fsp3) is 0.667. The summed E-state index contributed by atoms with van der Waals surface area (Å²) in [6, 6.07) is 4.57. The smallest absolute Gasteiger partial charge is 0.127 e. The van der Waals surface area contributed by atoms with E-state index in [-0.39, 0.29) is 0 Å². The van der Waals surface area contributed by atoms with E-state index in [0.29, 0.717) is 12.0 Å². The third kappa shape index (κ3) is 3.55.